The Hall–Kier alpha value is -1.34. The lowest BCUT2D eigenvalue weighted by Gasteiger charge is -2.20. The molecule has 6 nitrogen and oxygen atoms in total. The molecule has 106 valence electrons. The number of benzene rings is 1. The Kier molecular flexibility index (Phi) is 5.56. The monoisotopic (exact) mass is 288 g/mol. The van der Waals surface area contributed by atoms with Crippen LogP contribution >= 0.6 is 11.6 Å². The summed E-state index contributed by atoms with van der Waals surface area (Å²) < 4.78 is 0. The smallest absolute Gasteiger partial charge is 0.337 e. The molecule has 1 rings (SSSR count). The van der Waals surface area contributed by atoms with Gasteiger partial charge in [-0.1, -0.05) is 11.6 Å². The van der Waals surface area contributed by atoms with E-state index in [1.165, 1.54) is 12.1 Å². The summed E-state index contributed by atoms with van der Waals surface area (Å²) in [5, 5.41) is 31.8. The summed E-state index contributed by atoms with van der Waals surface area (Å²) >= 11 is 5.80. The number of carbonyl (C=O) groups is 1. The highest BCUT2D eigenvalue weighted by molar-refractivity contribution is 6.31. The third-order valence-electron chi connectivity index (χ3n) is 2.78. The fourth-order valence-corrected chi connectivity index (χ4v) is 1.94. The maximum absolute atomic E-state index is 11.0. The van der Waals surface area contributed by atoms with Gasteiger partial charge in [0.25, 0.3) is 0 Å². The summed E-state index contributed by atoms with van der Waals surface area (Å²) in [5.74, 6) is -1.24. The first-order chi connectivity index (χ1) is 8.88. The van der Waals surface area contributed by atoms with Crippen molar-refractivity contribution in [1.82, 2.24) is 5.32 Å². The van der Waals surface area contributed by atoms with E-state index in [0.717, 1.165) is 0 Å². The number of anilines is 1. The van der Waals surface area contributed by atoms with Crippen molar-refractivity contribution in [2.24, 2.45) is 0 Å². The van der Waals surface area contributed by atoms with Gasteiger partial charge < -0.3 is 26.4 Å². The molecule has 2 unspecified atom stereocenters. The minimum atomic E-state index is -1.29. The number of aliphatic hydroxyl groups is 2. The molecule has 2 atom stereocenters. The molecule has 0 spiro atoms. The number of halogens is 1. The van der Waals surface area contributed by atoms with Gasteiger partial charge >= 0.3 is 5.97 Å². The number of carboxylic acid groups (broad SMARTS) is 1. The molecule has 1 aromatic carbocycles. The largest absolute Gasteiger partial charge is 0.478 e. The summed E-state index contributed by atoms with van der Waals surface area (Å²) in [6.45, 7) is 0.504. The van der Waals surface area contributed by atoms with Gasteiger partial charge in [0.1, 0.15) is 6.10 Å². The van der Waals surface area contributed by atoms with Gasteiger partial charge in [-0.3, -0.25) is 0 Å². The highest BCUT2D eigenvalue weighted by Crippen LogP contribution is 2.30. The number of nitrogens with two attached hydrogens (primary N) is 1. The summed E-state index contributed by atoms with van der Waals surface area (Å²) in [4.78, 5) is 11.0. The summed E-state index contributed by atoms with van der Waals surface area (Å²) in [5.41, 5.74) is 5.53. The number of carboxylic acids is 1. The fraction of sp³-hybridized carbons (Fsp3) is 0.417. The highest BCUT2D eigenvalue weighted by Gasteiger charge is 2.23. The van der Waals surface area contributed by atoms with Crippen molar-refractivity contribution in [3.05, 3.63) is 28.3 Å². The van der Waals surface area contributed by atoms with E-state index in [4.69, 9.17) is 22.4 Å². The summed E-state index contributed by atoms with van der Waals surface area (Å²) in [6, 6.07) is 2.56. The minimum Gasteiger partial charge on any atom is -0.478 e. The van der Waals surface area contributed by atoms with E-state index in [-0.39, 0.29) is 21.8 Å². The molecule has 7 heteroatoms. The van der Waals surface area contributed by atoms with Crippen molar-refractivity contribution < 1.29 is 20.1 Å². The van der Waals surface area contributed by atoms with E-state index >= 15 is 0 Å². The number of nitrogen functional groups attached to an aromatic ring is 1. The maximum Gasteiger partial charge on any atom is 0.337 e. The topological polar surface area (TPSA) is 116 Å². The van der Waals surface area contributed by atoms with E-state index in [1.54, 1.807) is 7.05 Å². The van der Waals surface area contributed by atoms with Crippen LogP contribution in [0.4, 0.5) is 5.69 Å². The molecule has 0 bridgehead atoms. The average molecular weight is 289 g/mol. The van der Waals surface area contributed by atoms with Crippen molar-refractivity contribution >= 4 is 23.3 Å². The number of aromatic carboxylic acids is 1. The van der Waals surface area contributed by atoms with Gasteiger partial charge in [0.15, 0.2) is 0 Å². The van der Waals surface area contributed by atoms with Gasteiger partial charge in [-0.15, -0.1) is 0 Å². The van der Waals surface area contributed by atoms with Gasteiger partial charge in [0.2, 0.25) is 0 Å². The molecule has 0 saturated heterocycles. The Morgan fingerprint density at radius 1 is 1.47 bits per heavy atom. The van der Waals surface area contributed by atoms with E-state index in [1.807, 2.05) is 0 Å². The number of aliphatic hydroxyl groups excluding tert-OH is 2. The van der Waals surface area contributed by atoms with Crippen LogP contribution in [0.3, 0.4) is 0 Å². The second kappa shape index (κ2) is 6.72. The Bertz CT molecular complexity index is 467. The van der Waals surface area contributed by atoms with Crippen molar-refractivity contribution in [3.63, 3.8) is 0 Å². The average Bonchev–Trinajstić information content (AvgIpc) is 2.37. The molecule has 0 radical (unpaired) electrons. The van der Waals surface area contributed by atoms with Crippen molar-refractivity contribution in [1.29, 1.82) is 0 Å². The van der Waals surface area contributed by atoms with Gasteiger partial charge in [-0.25, -0.2) is 4.79 Å². The zero-order chi connectivity index (χ0) is 14.6. The Morgan fingerprint density at radius 2 is 2.11 bits per heavy atom. The number of hydrogen-bond acceptors (Lipinski definition) is 5. The van der Waals surface area contributed by atoms with Gasteiger partial charge in [0.05, 0.1) is 17.4 Å². The number of rotatable bonds is 6. The van der Waals surface area contributed by atoms with Gasteiger partial charge in [-0.2, -0.15) is 0 Å². The molecular weight excluding hydrogens is 272 g/mol. The zero-order valence-electron chi connectivity index (χ0n) is 10.4. The van der Waals surface area contributed by atoms with E-state index < -0.39 is 18.2 Å². The first-order valence-corrected chi connectivity index (χ1v) is 6.09. The van der Waals surface area contributed by atoms with Crippen LogP contribution in [-0.2, 0) is 0 Å². The minimum absolute atomic E-state index is 0.0899. The van der Waals surface area contributed by atoms with Crippen molar-refractivity contribution in [3.8, 4) is 0 Å². The lowest BCUT2D eigenvalue weighted by molar-refractivity contribution is 0.0144. The van der Waals surface area contributed by atoms with Crippen LogP contribution < -0.4 is 11.1 Å². The lowest BCUT2D eigenvalue weighted by atomic mass is 9.97. The molecule has 1 aromatic rings. The third-order valence-corrected chi connectivity index (χ3v) is 3.00. The molecule has 0 saturated carbocycles. The number of nitrogens with one attached hydrogen (secondary N) is 1. The molecule has 0 amide bonds. The van der Waals surface area contributed by atoms with Crippen LogP contribution in [0.15, 0.2) is 12.1 Å². The van der Waals surface area contributed by atoms with Crippen LogP contribution in [0.2, 0.25) is 5.02 Å². The fourth-order valence-electron chi connectivity index (χ4n) is 1.72. The van der Waals surface area contributed by atoms with E-state index in [2.05, 4.69) is 5.32 Å². The first kappa shape index (κ1) is 15.7. The Morgan fingerprint density at radius 3 is 2.63 bits per heavy atom. The molecule has 0 fully saturated rings. The second-order valence-electron chi connectivity index (χ2n) is 4.17. The second-order valence-corrected chi connectivity index (χ2v) is 4.60. The lowest BCUT2D eigenvalue weighted by Crippen LogP contribution is -2.24. The molecule has 0 aliphatic rings. The van der Waals surface area contributed by atoms with E-state index in [0.29, 0.717) is 13.0 Å². The molecule has 0 aliphatic carbocycles. The van der Waals surface area contributed by atoms with Crippen LogP contribution in [0.5, 0.6) is 0 Å². The molecular formula is C12H17ClN2O4. The Balaban J connectivity index is 3.08. The molecule has 19 heavy (non-hydrogen) atoms. The summed E-state index contributed by atoms with van der Waals surface area (Å²) in [7, 11) is 1.72. The first-order valence-electron chi connectivity index (χ1n) is 5.71. The van der Waals surface area contributed by atoms with Crippen molar-refractivity contribution in [2.45, 2.75) is 18.6 Å². The Labute approximate surface area is 115 Å². The molecule has 0 heterocycles. The highest BCUT2D eigenvalue weighted by atomic mass is 35.5. The van der Waals surface area contributed by atoms with Crippen LogP contribution in [-0.4, -0.2) is 41.0 Å². The SMILES string of the molecule is CNCCC(O)C(O)c1cc(Cl)cc(C(=O)O)c1N. The third kappa shape index (κ3) is 3.81. The maximum atomic E-state index is 11.0. The van der Waals surface area contributed by atoms with Gasteiger partial charge in [0, 0.05) is 10.6 Å². The van der Waals surface area contributed by atoms with E-state index in [9.17, 15) is 15.0 Å². The molecule has 0 aliphatic heterocycles. The van der Waals surface area contributed by atoms with Crippen LogP contribution in [0.25, 0.3) is 0 Å². The van der Waals surface area contributed by atoms with Gasteiger partial charge in [-0.05, 0) is 32.1 Å². The van der Waals surface area contributed by atoms with Crippen LogP contribution in [0, 0.1) is 0 Å². The quantitative estimate of drug-likeness (QED) is 0.490. The normalized spacial score (nSPS) is 14.1. The van der Waals surface area contributed by atoms with Crippen molar-refractivity contribution in [2.75, 3.05) is 19.3 Å². The molecule has 6 N–H and O–H groups in total. The number of hydrogen-bond donors (Lipinski definition) is 5. The molecule has 0 aromatic heterocycles. The van der Waals surface area contributed by atoms with Crippen LogP contribution in [0.1, 0.15) is 28.4 Å². The standard InChI is InChI=1S/C12H17ClN2O4/c1-15-3-2-9(16)11(17)7-4-6(13)5-8(10(7)14)12(18)19/h4-5,9,11,15-17H,2-3,14H2,1H3,(H,18,19). The predicted octanol–water partition coefficient (Wildman–Crippen LogP) is 0.624. The predicted molar refractivity (Wildman–Crippen MR) is 72.3 cm³/mol. The summed E-state index contributed by atoms with van der Waals surface area (Å²) in [6.07, 6.45) is -2.05. The zero-order valence-corrected chi connectivity index (χ0v) is 11.2.